The van der Waals surface area contributed by atoms with Gasteiger partial charge in [0.2, 0.25) is 0 Å². The third-order valence-electron chi connectivity index (χ3n) is 3.91. The molecule has 1 aromatic carbocycles. The first-order chi connectivity index (χ1) is 15.8. The van der Waals surface area contributed by atoms with E-state index in [2.05, 4.69) is 25.7 Å². The molecule has 6 N–H and O–H groups in total. The summed E-state index contributed by atoms with van der Waals surface area (Å²) in [4.78, 5) is 8.00. The van der Waals surface area contributed by atoms with Crippen molar-refractivity contribution in [1.29, 1.82) is 0 Å². The van der Waals surface area contributed by atoms with Gasteiger partial charge in [-0.25, -0.2) is 8.78 Å². The molecule has 188 valence electrons. The normalized spacial score (nSPS) is 11.3. The third kappa shape index (κ3) is 12.2. The molecule has 2 aromatic rings. The molecule has 0 saturated heterocycles. The van der Waals surface area contributed by atoms with Gasteiger partial charge in [-0.3, -0.25) is 0 Å². The molecule has 0 aliphatic rings. The summed E-state index contributed by atoms with van der Waals surface area (Å²) in [6.07, 6.45) is 2.00. The second-order valence-electron chi connectivity index (χ2n) is 6.84. The van der Waals surface area contributed by atoms with E-state index in [1.807, 2.05) is 13.7 Å². The first-order valence-corrected chi connectivity index (χ1v) is 10.6. The molecule has 0 unspecified atom stereocenters. The molecule has 0 amide bonds. The van der Waals surface area contributed by atoms with Crippen molar-refractivity contribution in [3.05, 3.63) is 54.0 Å². The monoisotopic (exact) mass is 471 g/mol. The number of furan rings is 1. The number of carbonyl (C=O) groups is 1. The van der Waals surface area contributed by atoms with E-state index in [1.165, 1.54) is 6.42 Å². The molecule has 1 atom stereocenters. The molecule has 1 heterocycles. The van der Waals surface area contributed by atoms with Crippen LogP contribution in [0, 0.1) is 5.92 Å². The summed E-state index contributed by atoms with van der Waals surface area (Å²) in [5.41, 5.74) is 12.2. The van der Waals surface area contributed by atoms with Crippen LogP contribution in [-0.2, 0) is 11.3 Å². The molecule has 0 bridgehead atoms. The number of hydrogen-bond donors (Lipinski definition) is 4. The number of hydrogen-bond acceptors (Lipinski definition) is 7. The van der Waals surface area contributed by atoms with E-state index in [9.17, 15) is 8.78 Å². The van der Waals surface area contributed by atoms with Crippen molar-refractivity contribution in [2.75, 3.05) is 26.8 Å². The second-order valence-corrected chi connectivity index (χ2v) is 6.84. The lowest BCUT2D eigenvalue weighted by molar-refractivity contribution is -0.0980. The third-order valence-corrected chi connectivity index (χ3v) is 3.91. The molecule has 9 heteroatoms. The van der Waals surface area contributed by atoms with Gasteiger partial charge in [-0.05, 0) is 30.7 Å². The Morgan fingerprint density at radius 2 is 1.91 bits per heavy atom. The lowest BCUT2D eigenvalue weighted by Crippen LogP contribution is -2.13. The highest BCUT2D eigenvalue weighted by Crippen LogP contribution is 2.34. The largest absolute Gasteiger partial charge is 0.489 e. The van der Waals surface area contributed by atoms with Crippen molar-refractivity contribution in [2.45, 2.75) is 40.2 Å². The van der Waals surface area contributed by atoms with Crippen molar-refractivity contribution < 1.29 is 27.8 Å². The predicted octanol–water partition coefficient (Wildman–Crippen LogP) is 4.30. The SMILES string of the molecule is C=C/C(=C\NC)COc1ccc2oc(C(F)F)c(CN)c2c1.C=O.CCC.C[C@H](CN)CO. The van der Waals surface area contributed by atoms with Gasteiger partial charge in [-0.1, -0.05) is 39.8 Å². The van der Waals surface area contributed by atoms with Crippen LogP contribution in [0.4, 0.5) is 8.78 Å². The van der Waals surface area contributed by atoms with Gasteiger partial charge in [0.25, 0.3) is 6.43 Å². The van der Waals surface area contributed by atoms with Crippen molar-refractivity contribution >= 4 is 17.8 Å². The van der Waals surface area contributed by atoms with Crippen LogP contribution in [0.2, 0.25) is 0 Å². The van der Waals surface area contributed by atoms with Crippen LogP contribution in [0.5, 0.6) is 5.75 Å². The van der Waals surface area contributed by atoms with E-state index in [-0.39, 0.29) is 24.8 Å². The van der Waals surface area contributed by atoms with Crippen LogP contribution >= 0.6 is 0 Å². The van der Waals surface area contributed by atoms with Gasteiger partial charge in [0.1, 0.15) is 24.7 Å². The maximum atomic E-state index is 12.9. The molecule has 0 fully saturated rings. The Morgan fingerprint density at radius 3 is 2.30 bits per heavy atom. The first kappa shape index (κ1) is 32.4. The Hall–Kier alpha value is -2.75. The molecule has 2 rings (SSSR count). The van der Waals surface area contributed by atoms with E-state index < -0.39 is 6.43 Å². The average molecular weight is 472 g/mol. The molecule has 1 aromatic heterocycles. The smallest absolute Gasteiger partial charge is 0.295 e. The molecule has 0 saturated carbocycles. The number of aliphatic hydroxyl groups excluding tert-OH is 1. The molecule has 0 radical (unpaired) electrons. The number of nitrogens with two attached hydrogens (primary N) is 2. The lowest BCUT2D eigenvalue weighted by Gasteiger charge is -2.07. The fourth-order valence-electron chi connectivity index (χ4n) is 2.21. The standard InChI is InChI=1S/C16H18F2N2O2.C4H11NO.C3H8.CH2O/c1-3-10(8-20-2)9-21-11-4-5-14-12(6-11)13(7-19)15(22-14)16(17)18;1-4(2-5)3-6;1-3-2;1-2/h3-6,8,16,20H,1,7,9,19H2,2H3;4,6H,2-3,5H2,1H3;3H2,1-2H3;1H2/b10-8+;;;/t;4-;;/m.1../s1. The fourth-order valence-corrected chi connectivity index (χ4v) is 2.21. The van der Waals surface area contributed by atoms with Crippen LogP contribution < -0.4 is 21.5 Å². The van der Waals surface area contributed by atoms with E-state index in [1.54, 1.807) is 37.5 Å². The number of nitrogens with one attached hydrogen (secondary N) is 1. The molecule has 0 spiro atoms. The van der Waals surface area contributed by atoms with Gasteiger partial charge in [0, 0.05) is 42.9 Å². The highest BCUT2D eigenvalue weighted by molar-refractivity contribution is 5.83. The van der Waals surface area contributed by atoms with E-state index >= 15 is 0 Å². The van der Waals surface area contributed by atoms with Gasteiger partial charge < -0.3 is 35.8 Å². The number of aliphatic hydroxyl groups is 1. The van der Waals surface area contributed by atoms with Gasteiger partial charge in [-0.2, -0.15) is 0 Å². The summed E-state index contributed by atoms with van der Waals surface area (Å²) in [6, 6.07) is 4.93. The van der Waals surface area contributed by atoms with Crippen LogP contribution in [-0.4, -0.2) is 38.7 Å². The predicted molar refractivity (Wildman–Crippen MR) is 130 cm³/mol. The zero-order valence-corrected chi connectivity index (χ0v) is 20.1. The summed E-state index contributed by atoms with van der Waals surface area (Å²) >= 11 is 0. The summed E-state index contributed by atoms with van der Waals surface area (Å²) in [6.45, 7) is 12.9. The maximum Gasteiger partial charge on any atom is 0.295 e. The minimum absolute atomic E-state index is 0.0201. The number of halogens is 2. The average Bonchev–Trinajstić information content (AvgIpc) is 3.21. The van der Waals surface area contributed by atoms with Crippen LogP contribution in [0.25, 0.3) is 11.0 Å². The van der Waals surface area contributed by atoms with Gasteiger partial charge in [0.05, 0.1) is 0 Å². The number of rotatable bonds is 9. The zero-order chi connectivity index (χ0) is 25.8. The highest BCUT2D eigenvalue weighted by atomic mass is 19.3. The summed E-state index contributed by atoms with van der Waals surface area (Å²) < 4.78 is 36.7. The molecular formula is C24H39F2N3O4. The van der Waals surface area contributed by atoms with E-state index in [4.69, 9.17) is 30.5 Å². The molecule has 0 aliphatic heterocycles. The second kappa shape index (κ2) is 19.9. The Labute approximate surface area is 195 Å². The summed E-state index contributed by atoms with van der Waals surface area (Å²) in [5.74, 6) is 0.439. The Morgan fingerprint density at radius 1 is 1.30 bits per heavy atom. The molecular weight excluding hydrogens is 432 g/mol. The van der Waals surface area contributed by atoms with Crippen LogP contribution in [0.15, 0.2) is 47.0 Å². The van der Waals surface area contributed by atoms with Crippen molar-refractivity contribution in [1.82, 2.24) is 5.32 Å². The minimum atomic E-state index is -2.69. The van der Waals surface area contributed by atoms with Crippen LogP contribution in [0.3, 0.4) is 0 Å². The van der Waals surface area contributed by atoms with Crippen molar-refractivity contribution in [3.8, 4) is 5.75 Å². The Kier molecular flexibility index (Phi) is 19.6. The maximum absolute atomic E-state index is 12.9. The highest BCUT2D eigenvalue weighted by Gasteiger charge is 2.21. The van der Waals surface area contributed by atoms with Gasteiger partial charge in [0.15, 0.2) is 5.76 Å². The van der Waals surface area contributed by atoms with Crippen molar-refractivity contribution in [2.24, 2.45) is 17.4 Å². The number of benzene rings is 1. The first-order valence-electron chi connectivity index (χ1n) is 10.6. The Bertz CT molecular complexity index is 806. The van der Waals surface area contributed by atoms with E-state index in [0.717, 1.165) is 5.57 Å². The van der Waals surface area contributed by atoms with Gasteiger partial charge in [-0.15, -0.1) is 0 Å². The van der Waals surface area contributed by atoms with Crippen LogP contribution in [0.1, 0.15) is 44.9 Å². The molecule has 33 heavy (non-hydrogen) atoms. The Balaban J connectivity index is 0. The number of ether oxygens (including phenoxy) is 1. The number of carbonyl (C=O) groups excluding carboxylic acids is 1. The number of fused-ring (bicyclic) bond motifs is 1. The topological polar surface area (TPSA) is 124 Å². The lowest BCUT2D eigenvalue weighted by atomic mass is 10.1. The van der Waals surface area contributed by atoms with E-state index in [0.29, 0.717) is 35.4 Å². The summed E-state index contributed by atoms with van der Waals surface area (Å²) in [5, 5.41) is 11.7. The fraction of sp³-hybridized carbons (Fsp3) is 0.458. The van der Waals surface area contributed by atoms with Gasteiger partial charge >= 0.3 is 0 Å². The minimum Gasteiger partial charge on any atom is -0.489 e. The van der Waals surface area contributed by atoms with Crippen molar-refractivity contribution in [3.63, 3.8) is 0 Å². The molecule has 7 nitrogen and oxygen atoms in total. The molecule has 0 aliphatic carbocycles. The number of alkyl halides is 2. The quantitative estimate of drug-likeness (QED) is 0.402. The summed E-state index contributed by atoms with van der Waals surface area (Å²) in [7, 11) is 1.78. The zero-order valence-electron chi connectivity index (χ0n) is 20.1.